The van der Waals surface area contributed by atoms with Gasteiger partial charge in [0.15, 0.2) is 23.2 Å². The molecule has 1 aliphatic carbocycles. The van der Waals surface area contributed by atoms with Crippen LogP contribution in [0.1, 0.15) is 38.7 Å². The summed E-state index contributed by atoms with van der Waals surface area (Å²) in [5.74, 6) is -3.13. The first-order valence-electron chi connectivity index (χ1n) is 11.8. The van der Waals surface area contributed by atoms with Crippen LogP contribution in [0.2, 0.25) is 0 Å². The van der Waals surface area contributed by atoms with Crippen LogP contribution in [0.25, 0.3) is 33.4 Å². The molecule has 1 saturated heterocycles. The van der Waals surface area contributed by atoms with E-state index in [1.54, 1.807) is 12.1 Å². The molecule has 2 atom stereocenters. The lowest BCUT2D eigenvalue weighted by atomic mass is 9.77. The van der Waals surface area contributed by atoms with Crippen LogP contribution < -0.4 is 4.74 Å². The minimum absolute atomic E-state index is 0.0452. The van der Waals surface area contributed by atoms with Gasteiger partial charge in [0.1, 0.15) is 5.82 Å². The smallest absolute Gasteiger partial charge is 0.168 e. The van der Waals surface area contributed by atoms with E-state index in [4.69, 9.17) is 9.47 Å². The molecule has 3 aromatic carbocycles. The van der Waals surface area contributed by atoms with Crippen molar-refractivity contribution in [2.75, 3.05) is 13.2 Å². The highest BCUT2D eigenvalue weighted by atomic mass is 19.2. The molecule has 2 aliphatic rings. The molecular formula is C28H26F4O2. The van der Waals surface area contributed by atoms with Crippen molar-refractivity contribution < 1.29 is 27.0 Å². The summed E-state index contributed by atoms with van der Waals surface area (Å²) in [4.78, 5) is 0. The van der Waals surface area contributed by atoms with E-state index in [9.17, 15) is 8.78 Å². The third-order valence-corrected chi connectivity index (χ3v) is 6.80. The predicted molar refractivity (Wildman–Crippen MR) is 124 cm³/mol. The van der Waals surface area contributed by atoms with Crippen molar-refractivity contribution in [1.82, 2.24) is 0 Å². The highest BCUT2D eigenvalue weighted by molar-refractivity contribution is 6.04. The van der Waals surface area contributed by atoms with E-state index in [0.29, 0.717) is 36.3 Å². The molecule has 178 valence electrons. The molecule has 0 N–H and O–H groups in total. The van der Waals surface area contributed by atoms with Crippen molar-refractivity contribution in [2.24, 2.45) is 5.92 Å². The second-order valence-electron chi connectivity index (χ2n) is 9.23. The Morgan fingerprint density at radius 1 is 0.882 bits per heavy atom. The quantitative estimate of drug-likeness (QED) is 0.269. The van der Waals surface area contributed by atoms with E-state index in [1.807, 2.05) is 13.8 Å². The Bertz CT molecular complexity index is 1250. The van der Waals surface area contributed by atoms with Crippen LogP contribution in [0.5, 0.6) is 5.75 Å². The molecule has 0 aromatic heterocycles. The highest BCUT2D eigenvalue weighted by Gasteiger charge is 2.34. The third kappa shape index (κ3) is 3.88. The molecular weight excluding hydrogens is 444 g/mol. The second kappa shape index (κ2) is 9.06. The number of halogens is 4. The van der Waals surface area contributed by atoms with Gasteiger partial charge >= 0.3 is 0 Å². The van der Waals surface area contributed by atoms with Crippen molar-refractivity contribution in [3.05, 3.63) is 65.2 Å². The first-order valence-corrected chi connectivity index (χ1v) is 11.8. The normalized spacial score (nSPS) is 18.8. The zero-order valence-corrected chi connectivity index (χ0v) is 19.2. The molecule has 6 heteroatoms. The van der Waals surface area contributed by atoms with E-state index in [2.05, 4.69) is 0 Å². The van der Waals surface area contributed by atoms with Crippen molar-refractivity contribution in [2.45, 2.75) is 45.6 Å². The van der Waals surface area contributed by atoms with Crippen LogP contribution in [-0.4, -0.2) is 19.3 Å². The largest absolute Gasteiger partial charge is 0.490 e. The number of hydrogen-bond acceptors (Lipinski definition) is 2. The van der Waals surface area contributed by atoms with E-state index < -0.39 is 23.3 Å². The monoisotopic (exact) mass is 470 g/mol. The molecule has 2 nitrogen and oxygen atoms in total. The molecule has 0 amide bonds. The van der Waals surface area contributed by atoms with Gasteiger partial charge in [0.05, 0.1) is 19.3 Å². The predicted octanol–water partition coefficient (Wildman–Crippen LogP) is 7.70. The van der Waals surface area contributed by atoms with Gasteiger partial charge < -0.3 is 9.47 Å². The Labute approximate surface area is 196 Å². The molecule has 0 radical (unpaired) electrons. The lowest BCUT2D eigenvalue weighted by molar-refractivity contribution is -0.0175. The molecule has 5 rings (SSSR count). The molecule has 0 spiro atoms. The Balaban J connectivity index is 1.40. The Morgan fingerprint density at radius 3 is 2.38 bits per heavy atom. The molecule has 0 bridgehead atoms. The molecule has 1 aliphatic heterocycles. The molecule has 0 saturated carbocycles. The van der Waals surface area contributed by atoms with Crippen molar-refractivity contribution in [3.63, 3.8) is 0 Å². The minimum atomic E-state index is -1.12. The first kappa shape index (κ1) is 22.9. The second-order valence-corrected chi connectivity index (χ2v) is 9.23. The maximum absolute atomic E-state index is 15.0. The van der Waals surface area contributed by atoms with Crippen LogP contribution in [0.15, 0.2) is 36.4 Å². The average Bonchev–Trinajstić information content (AvgIpc) is 2.81. The van der Waals surface area contributed by atoms with Crippen LogP contribution in [-0.2, 0) is 11.2 Å². The Kier molecular flexibility index (Phi) is 6.11. The molecule has 1 heterocycles. The van der Waals surface area contributed by atoms with Gasteiger partial charge in [0.2, 0.25) is 0 Å². The topological polar surface area (TPSA) is 18.5 Å². The summed E-state index contributed by atoms with van der Waals surface area (Å²) in [7, 11) is 0. The van der Waals surface area contributed by atoms with E-state index in [1.165, 1.54) is 18.2 Å². The van der Waals surface area contributed by atoms with Gasteiger partial charge in [-0.15, -0.1) is 0 Å². The van der Waals surface area contributed by atoms with E-state index in [-0.39, 0.29) is 40.0 Å². The molecule has 34 heavy (non-hydrogen) atoms. The summed E-state index contributed by atoms with van der Waals surface area (Å²) in [5, 5.41) is 0. The van der Waals surface area contributed by atoms with Gasteiger partial charge in [-0.05, 0) is 66.6 Å². The van der Waals surface area contributed by atoms with Gasteiger partial charge in [-0.3, -0.25) is 0 Å². The number of rotatable bonds is 6. The molecule has 1 fully saturated rings. The Morgan fingerprint density at radius 2 is 1.68 bits per heavy atom. The van der Waals surface area contributed by atoms with Crippen molar-refractivity contribution in [3.8, 4) is 39.1 Å². The fourth-order valence-corrected chi connectivity index (χ4v) is 4.84. The fraction of sp³-hybridized carbons (Fsp3) is 0.357. The van der Waals surface area contributed by atoms with Crippen LogP contribution in [0.3, 0.4) is 0 Å². The van der Waals surface area contributed by atoms with Gasteiger partial charge in [-0.1, -0.05) is 31.5 Å². The number of aryl methyl sites for hydroxylation is 1. The molecule has 2 unspecified atom stereocenters. The maximum atomic E-state index is 15.0. The maximum Gasteiger partial charge on any atom is 0.168 e. The van der Waals surface area contributed by atoms with Gasteiger partial charge in [0, 0.05) is 22.6 Å². The van der Waals surface area contributed by atoms with Crippen LogP contribution >= 0.6 is 0 Å². The van der Waals surface area contributed by atoms with E-state index in [0.717, 1.165) is 25.3 Å². The summed E-state index contributed by atoms with van der Waals surface area (Å²) in [6.07, 6.45) is 3.38. The Hall–Kier alpha value is -2.86. The number of fused-ring (bicyclic) bond motifs is 4. The summed E-state index contributed by atoms with van der Waals surface area (Å²) in [6, 6.07) is 8.96. The van der Waals surface area contributed by atoms with Crippen molar-refractivity contribution >= 4 is 0 Å². The van der Waals surface area contributed by atoms with Gasteiger partial charge in [0.25, 0.3) is 0 Å². The van der Waals surface area contributed by atoms with Crippen molar-refractivity contribution in [1.29, 1.82) is 0 Å². The SMILES string of the molecule is CCCc1ccc2c(c1F)-c1c-2cc(-c2ccc(OCC3CCC(C)OC3)c(F)c2)c(F)c1F. The summed E-state index contributed by atoms with van der Waals surface area (Å²) >= 11 is 0. The average molecular weight is 471 g/mol. The summed E-state index contributed by atoms with van der Waals surface area (Å²) in [6.45, 7) is 4.85. The molecule has 3 aromatic rings. The fourth-order valence-electron chi connectivity index (χ4n) is 4.84. The zero-order valence-electron chi connectivity index (χ0n) is 19.2. The number of ether oxygens (including phenoxy) is 2. The van der Waals surface area contributed by atoms with Crippen LogP contribution in [0, 0.1) is 29.2 Å². The van der Waals surface area contributed by atoms with Gasteiger partial charge in [-0.2, -0.15) is 0 Å². The lowest BCUT2D eigenvalue weighted by Gasteiger charge is -2.27. The number of benzene rings is 3. The zero-order chi connectivity index (χ0) is 24.0. The summed E-state index contributed by atoms with van der Waals surface area (Å²) < 4.78 is 70.9. The highest BCUT2D eigenvalue weighted by Crippen LogP contribution is 2.52. The minimum Gasteiger partial charge on any atom is -0.490 e. The summed E-state index contributed by atoms with van der Waals surface area (Å²) in [5.41, 5.74) is 1.66. The third-order valence-electron chi connectivity index (χ3n) is 6.80. The lowest BCUT2D eigenvalue weighted by Crippen LogP contribution is -2.27. The van der Waals surface area contributed by atoms with E-state index >= 15 is 8.78 Å². The first-order chi connectivity index (χ1) is 16.4. The standard InChI is InChI=1S/C28H26F4O2/c1-3-4-17-7-9-19-21-12-20(27(31)28(32)25(21)24(19)26(17)30)18-8-10-23(22(29)11-18)34-14-16-6-5-15(2)33-13-16/h7-12,15-16H,3-6,13-14H2,1-2H3. The van der Waals surface area contributed by atoms with Crippen LogP contribution in [0.4, 0.5) is 17.6 Å². The number of hydrogen-bond donors (Lipinski definition) is 0. The van der Waals surface area contributed by atoms with Gasteiger partial charge in [-0.25, -0.2) is 17.6 Å².